The third kappa shape index (κ3) is 3.29. The van der Waals surface area contributed by atoms with Crippen LogP contribution < -0.4 is 9.64 Å². The van der Waals surface area contributed by atoms with E-state index >= 15 is 0 Å². The Morgan fingerprint density at radius 2 is 2.19 bits per heavy atom. The number of carbonyl (C=O) groups is 2. The molecule has 1 aliphatic heterocycles. The number of hydrogen-bond donors (Lipinski definition) is 0. The maximum absolute atomic E-state index is 12.5. The van der Waals surface area contributed by atoms with Crippen molar-refractivity contribution in [2.24, 2.45) is 5.92 Å². The number of benzene rings is 1. The molecule has 1 amide bonds. The lowest BCUT2D eigenvalue weighted by atomic mass is 10.0. The number of nitrogens with zero attached hydrogens (tertiary/aromatic N) is 1. The summed E-state index contributed by atoms with van der Waals surface area (Å²) in [5.41, 5.74) is 0.630. The van der Waals surface area contributed by atoms with Crippen LogP contribution in [0.3, 0.4) is 0 Å². The Labute approximate surface area is 128 Å². The van der Waals surface area contributed by atoms with Gasteiger partial charge in [-0.05, 0) is 18.1 Å². The number of ether oxygens (including phenoxy) is 2. The maximum Gasteiger partial charge on any atom is 0.307 e. The molecule has 0 aliphatic carbocycles. The van der Waals surface area contributed by atoms with Crippen molar-refractivity contribution in [2.45, 2.75) is 26.4 Å². The van der Waals surface area contributed by atoms with Gasteiger partial charge in [0.1, 0.15) is 5.75 Å². The molecule has 6 heteroatoms. The van der Waals surface area contributed by atoms with Crippen LogP contribution in [0.5, 0.6) is 5.75 Å². The van der Waals surface area contributed by atoms with E-state index in [1.807, 2.05) is 13.8 Å². The van der Waals surface area contributed by atoms with Crippen molar-refractivity contribution in [3.8, 4) is 5.75 Å². The molecule has 0 bridgehead atoms. The number of methoxy groups -OCH3 is 1. The minimum absolute atomic E-state index is 0.0188. The van der Waals surface area contributed by atoms with E-state index in [1.54, 1.807) is 23.1 Å². The van der Waals surface area contributed by atoms with Crippen LogP contribution in [-0.4, -0.2) is 31.6 Å². The second-order valence-electron chi connectivity index (χ2n) is 5.21. The van der Waals surface area contributed by atoms with Crippen LogP contribution >= 0.6 is 11.6 Å². The predicted octanol–water partition coefficient (Wildman–Crippen LogP) is 2.65. The van der Waals surface area contributed by atoms with Gasteiger partial charge in [0.15, 0.2) is 6.10 Å². The van der Waals surface area contributed by atoms with Gasteiger partial charge in [-0.2, -0.15) is 0 Å². The van der Waals surface area contributed by atoms with Crippen LogP contribution in [-0.2, 0) is 14.3 Å². The normalized spacial score (nSPS) is 17.5. The van der Waals surface area contributed by atoms with Gasteiger partial charge in [0, 0.05) is 17.6 Å². The summed E-state index contributed by atoms with van der Waals surface area (Å²) in [6.45, 7) is 4.08. The lowest BCUT2D eigenvalue weighted by Crippen LogP contribution is -2.49. The SMILES string of the molecule is COC(=O)CCN1C(=O)C(C(C)C)Oc2cc(Cl)ccc21. The van der Waals surface area contributed by atoms with Gasteiger partial charge in [0.25, 0.3) is 5.91 Å². The average molecular weight is 312 g/mol. The van der Waals surface area contributed by atoms with Crippen LogP contribution in [0.4, 0.5) is 5.69 Å². The van der Waals surface area contributed by atoms with Crippen molar-refractivity contribution in [1.29, 1.82) is 0 Å². The van der Waals surface area contributed by atoms with E-state index in [0.717, 1.165) is 0 Å². The highest BCUT2D eigenvalue weighted by Gasteiger charge is 2.36. The number of halogens is 1. The minimum Gasteiger partial charge on any atom is -0.478 e. The van der Waals surface area contributed by atoms with Crippen molar-refractivity contribution >= 4 is 29.2 Å². The molecule has 1 aliphatic rings. The fraction of sp³-hybridized carbons (Fsp3) is 0.467. The first-order valence-corrected chi connectivity index (χ1v) is 7.16. The van der Waals surface area contributed by atoms with Gasteiger partial charge in [-0.1, -0.05) is 25.4 Å². The molecule has 1 aromatic carbocycles. The molecular formula is C15H18ClNO4. The van der Waals surface area contributed by atoms with Gasteiger partial charge in [0.2, 0.25) is 0 Å². The van der Waals surface area contributed by atoms with E-state index in [9.17, 15) is 9.59 Å². The van der Waals surface area contributed by atoms with Gasteiger partial charge in [-0.25, -0.2) is 0 Å². The molecular weight excluding hydrogens is 294 g/mol. The third-order valence-electron chi connectivity index (χ3n) is 3.35. The molecule has 0 saturated heterocycles. The van der Waals surface area contributed by atoms with Gasteiger partial charge in [0.05, 0.1) is 19.2 Å². The molecule has 0 radical (unpaired) electrons. The maximum atomic E-state index is 12.5. The van der Waals surface area contributed by atoms with Gasteiger partial charge in [-0.15, -0.1) is 0 Å². The third-order valence-corrected chi connectivity index (χ3v) is 3.58. The van der Waals surface area contributed by atoms with Crippen molar-refractivity contribution in [1.82, 2.24) is 0 Å². The van der Waals surface area contributed by atoms with Gasteiger partial charge < -0.3 is 14.4 Å². The lowest BCUT2D eigenvalue weighted by molar-refractivity contribution is -0.140. The molecule has 1 heterocycles. The Bertz CT molecular complexity index is 559. The second-order valence-corrected chi connectivity index (χ2v) is 5.65. The minimum atomic E-state index is -0.575. The number of fused-ring (bicyclic) bond motifs is 1. The fourth-order valence-corrected chi connectivity index (χ4v) is 2.38. The number of carbonyl (C=O) groups excluding carboxylic acids is 2. The van der Waals surface area contributed by atoms with Crippen molar-refractivity contribution < 1.29 is 19.1 Å². The van der Waals surface area contributed by atoms with E-state index in [0.29, 0.717) is 16.5 Å². The smallest absolute Gasteiger partial charge is 0.307 e. The number of rotatable bonds is 4. The van der Waals surface area contributed by atoms with Crippen molar-refractivity contribution in [3.05, 3.63) is 23.2 Å². The molecule has 0 spiro atoms. The largest absolute Gasteiger partial charge is 0.478 e. The summed E-state index contributed by atoms with van der Waals surface area (Å²) in [5.74, 6) is 0.0746. The Morgan fingerprint density at radius 3 is 2.81 bits per heavy atom. The Kier molecular flexibility index (Phi) is 4.73. The van der Waals surface area contributed by atoms with E-state index < -0.39 is 6.10 Å². The highest BCUT2D eigenvalue weighted by molar-refractivity contribution is 6.30. The summed E-state index contributed by atoms with van der Waals surface area (Å²) in [6, 6.07) is 5.10. The Balaban J connectivity index is 2.32. The number of amides is 1. The number of hydrogen-bond acceptors (Lipinski definition) is 4. The molecule has 2 rings (SSSR count). The number of esters is 1. The molecule has 21 heavy (non-hydrogen) atoms. The second kappa shape index (κ2) is 6.35. The summed E-state index contributed by atoms with van der Waals surface area (Å²) in [6.07, 6.45) is -0.441. The summed E-state index contributed by atoms with van der Waals surface area (Å²) in [5, 5.41) is 0.540. The van der Waals surface area contributed by atoms with Crippen LogP contribution in [0.2, 0.25) is 5.02 Å². The molecule has 0 N–H and O–H groups in total. The quantitative estimate of drug-likeness (QED) is 0.802. The first kappa shape index (κ1) is 15.6. The molecule has 5 nitrogen and oxygen atoms in total. The van der Waals surface area contributed by atoms with Gasteiger partial charge >= 0.3 is 5.97 Å². The summed E-state index contributed by atoms with van der Waals surface area (Å²) in [7, 11) is 1.33. The topological polar surface area (TPSA) is 55.8 Å². The van der Waals surface area contributed by atoms with Crippen molar-refractivity contribution in [2.75, 3.05) is 18.6 Å². The Hall–Kier alpha value is -1.75. The summed E-state index contributed by atoms with van der Waals surface area (Å²) < 4.78 is 10.4. The van der Waals surface area contributed by atoms with Crippen LogP contribution in [0.1, 0.15) is 20.3 Å². The van der Waals surface area contributed by atoms with Crippen LogP contribution in [0.25, 0.3) is 0 Å². The van der Waals surface area contributed by atoms with Crippen molar-refractivity contribution in [3.63, 3.8) is 0 Å². The summed E-state index contributed by atoms with van der Waals surface area (Å²) >= 11 is 5.98. The predicted molar refractivity (Wildman–Crippen MR) is 79.7 cm³/mol. The zero-order valence-corrected chi connectivity index (χ0v) is 13.0. The van der Waals surface area contributed by atoms with Gasteiger partial charge in [-0.3, -0.25) is 9.59 Å². The van der Waals surface area contributed by atoms with Crippen LogP contribution in [0, 0.1) is 5.92 Å². The van der Waals surface area contributed by atoms with E-state index in [-0.39, 0.29) is 30.8 Å². The first-order chi connectivity index (χ1) is 9.93. The first-order valence-electron chi connectivity index (χ1n) is 6.78. The zero-order valence-electron chi connectivity index (χ0n) is 12.3. The summed E-state index contributed by atoms with van der Waals surface area (Å²) in [4.78, 5) is 25.4. The van der Waals surface area contributed by atoms with E-state index in [4.69, 9.17) is 16.3 Å². The molecule has 0 saturated carbocycles. The molecule has 1 atom stereocenters. The fourth-order valence-electron chi connectivity index (χ4n) is 2.22. The standard InChI is InChI=1S/C15H18ClNO4/c1-9(2)14-15(19)17(7-6-13(18)20-3)11-5-4-10(16)8-12(11)21-14/h4-5,8-9,14H,6-7H2,1-3H3. The Morgan fingerprint density at radius 1 is 1.48 bits per heavy atom. The van der Waals surface area contributed by atoms with Crippen LogP contribution in [0.15, 0.2) is 18.2 Å². The van der Waals surface area contributed by atoms with E-state index in [1.165, 1.54) is 7.11 Å². The highest BCUT2D eigenvalue weighted by Crippen LogP contribution is 2.37. The highest BCUT2D eigenvalue weighted by atomic mass is 35.5. The molecule has 1 unspecified atom stereocenters. The monoisotopic (exact) mass is 311 g/mol. The molecule has 114 valence electrons. The molecule has 0 aromatic heterocycles. The molecule has 0 fully saturated rings. The zero-order chi connectivity index (χ0) is 15.6. The molecule has 1 aromatic rings. The number of anilines is 1. The lowest BCUT2D eigenvalue weighted by Gasteiger charge is -2.35. The van der Waals surface area contributed by atoms with E-state index in [2.05, 4.69) is 4.74 Å². The average Bonchev–Trinajstić information content (AvgIpc) is 2.45.